The van der Waals surface area contributed by atoms with Crippen LogP contribution in [0, 0.1) is 6.92 Å². The number of aromatic amines is 1. The number of aryl methyl sites for hydroxylation is 1. The van der Waals surface area contributed by atoms with Crippen LogP contribution in [0.15, 0.2) is 6.20 Å². The van der Waals surface area contributed by atoms with E-state index in [2.05, 4.69) is 37.7 Å². The molecule has 20 heavy (non-hydrogen) atoms. The molecule has 0 saturated carbocycles. The monoisotopic (exact) mass is 297 g/mol. The molecule has 0 fully saturated rings. The van der Waals surface area contributed by atoms with E-state index >= 15 is 0 Å². The van der Waals surface area contributed by atoms with Crippen LogP contribution in [0.3, 0.4) is 0 Å². The molecule has 0 unspecified atom stereocenters. The Labute approximate surface area is 126 Å². The van der Waals surface area contributed by atoms with Gasteiger partial charge in [-0.1, -0.05) is 40.0 Å². The summed E-state index contributed by atoms with van der Waals surface area (Å²) in [5, 5.41) is 0. The van der Waals surface area contributed by atoms with E-state index in [1.54, 1.807) is 0 Å². The molecule has 1 aromatic rings. The Balaban J connectivity index is 2.80. The van der Waals surface area contributed by atoms with Gasteiger partial charge < -0.3 is 4.98 Å². The molecule has 1 heterocycles. The van der Waals surface area contributed by atoms with E-state index in [1.165, 1.54) is 74.7 Å². The van der Waals surface area contributed by atoms with Crippen LogP contribution in [-0.4, -0.2) is 28.5 Å². The SMILES string of the molecule is CCCC[P+](CCCC)(CCCC)Cc1ncc(C)[nH]1. The van der Waals surface area contributed by atoms with E-state index in [9.17, 15) is 0 Å². The third-order valence-corrected chi connectivity index (χ3v) is 8.96. The minimum Gasteiger partial charge on any atom is -0.343 e. The van der Waals surface area contributed by atoms with Gasteiger partial charge in [-0.2, -0.15) is 0 Å². The van der Waals surface area contributed by atoms with Gasteiger partial charge in [0.05, 0.1) is 18.5 Å². The summed E-state index contributed by atoms with van der Waals surface area (Å²) in [5.74, 6) is 1.25. The normalized spacial score (nSPS) is 12.0. The van der Waals surface area contributed by atoms with Crippen molar-refractivity contribution >= 4 is 7.26 Å². The Morgan fingerprint density at radius 3 is 1.80 bits per heavy atom. The largest absolute Gasteiger partial charge is 0.343 e. The smallest absolute Gasteiger partial charge is 0.144 e. The van der Waals surface area contributed by atoms with Gasteiger partial charge in [-0.15, -0.1) is 0 Å². The fourth-order valence-corrected chi connectivity index (χ4v) is 7.82. The van der Waals surface area contributed by atoms with Crippen LogP contribution in [0.2, 0.25) is 0 Å². The van der Waals surface area contributed by atoms with Crippen LogP contribution in [0.5, 0.6) is 0 Å². The number of rotatable bonds is 11. The van der Waals surface area contributed by atoms with Gasteiger partial charge in [0.2, 0.25) is 0 Å². The van der Waals surface area contributed by atoms with Gasteiger partial charge in [-0.25, -0.2) is 4.98 Å². The quantitative estimate of drug-likeness (QED) is 0.526. The number of nitrogens with one attached hydrogen (secondary N) is 1. The lowest BCUT2D eigenvalue weighted by molar-refractivity contribution is 0.829. The van der Waals surface area contributed by atoms with Crippen molar-refractivity contribution in [3.8, 4) is 0 Å². The molecule has 1 aromatic heterocycles. The highest BCUT2D eigenvalue weighted by Gasteiger charge is 2.36. The summed E-state index contributed by atoms with van der Waals surface area (Å²) in [6, 6.07) is 0. The first kappa shape index (κ1) is 17.7. The van der Waals surface area contributed by atoms with Crippen LogP contribution in [0.1, 0.15) is 70.8 Å². The highest BCUT2D eigenvalue weighted by atomic mass is 31.2. The number of unbranched alkanes of at least 4 members (excludes halogenated alkanes) is 3. The van der Waals surface area contributed by atoms with Crippen molar-refractivity contribution in [3.63, 3.8) is 0 Å². The average molecular weight is 297 g/mol. The lowest BCUT2D eigenvalue weighted by Gasteiger charge is -2.27. The van der Waals surface area contributed by atoms with Crippen LogP contribution in [0.4, 0.5) is 0 Å². The Morgan fingerprint density at radius 1 is 0.950 bits per heavy atom. The fraction of sp³-hybridized carbons (Fsp3) is 0.824. The van der Waals surface area contributed by atoms with E-state index in [-0.39, 0.29) is 0 Å². The number of H-pyrrole nitrogens is 1. The minimum atomic E-state index is -0.848. The first-order chi connectivity index (χ1) is 9.65. The first-order valence-electron chi connectivity index (χ1n) is 8.51. The molecule has 0 amide bonds. The summed E-state index contributed by atoms with van der Waals surface area (Å²) in [6.45, 7) is 9.09. The van der Waals surface area contributed by atoms with Gasteiger partial charge in [0, 0.05) is 19.2 Å². The van der Waals surface area contributed by atoms with Gasteiger partial charge in [0.15, 0.2) is 0 Å². The zero-order valence-corrected chi connectivity index (χ0v) is 14.9. The Bertz CT molecular complexity index is 338. The summed E-state index contributed by atoms with van der Waals surface area (Å²) in [4.78, 5) is 8.07. The maximum absolute atomic E-state index is 4.60. The second kappa shape index (κ2) is 9.55. The number of imidazole rings is 1. The van der Waals surface area contributed by atoms with E-state index in [0.29, 0.717) is 0 Å². The van der Waals surface area contributed by atoms with Crippen molar-refractivity contribution < 1.29 is 0 Å². The average Bonchev–Trinajstić information content (AvgIpc) is 2.85. The molecule has 0 aliphatic carbocycles. The molecule has 116 valence electrons. The molecule has 0 saturated heterocycles. The highest BCUT2D eigenvalue weighted by Crippen LogP contribution is 2.62. The van der Waals surface area contributed by atoms with E-state index < -0.39 is 7.26 Å². The van der Waals surface area contributed by atoms with Crippen molar-refractivity contribution in [2.75, 3.05) is 18.5 Å². The maximum atomic E-state index is 4.60. The predicted molar refractivity (Wildman–Crippen MR) is 93.3 cm³/mol. The molecule has 1 rings (SSSR count). The maximum Gasteiger partial charge on any atom is 0.144 e. The van der Waals surface area contributed by atoms with Gasteiger partial charge in [0.1, 0.15) is 12.0 Å². The molecule has 1 N–H and O–H groups in total. The zero-order valence-electron chi connectivity index (χ0n) is 14.0. The van der Waals surface area contributed by atoms with Crippen LogP contribution in [0.25, 0.3) is 0 Å². The molecule has 0 radical (unpaired) electrons. The third kappa shape index (κ3) is 5.95. The number of nitrogens with zero attached hydrogens (tertiary/aromatic N) is 1. The van der Waals surface area contributed by atoms with Gasteiger partial charge in [0.25, 0.3) is 0 Å². The number of hydrogen-bond acceptors (Lipinski definition) is 1. The fourth-order valence-electron chi connectivity index (χ4n) is 2.92. The van der Waals surface area contributed by atoms with E-state index in [4.69, 9.17) is 0 Å². The van der Waals surface area contributed by atoms with E-state index in [1.807, 2.05) is 6.20 Å². The van der Waals surface area contributed by atoms with Crippen molar-refractivity contribution in [3.05, 3.63) is 17.7 Å². The molecule has 0 bridgehead atoms. The summed E-state index contributed by atoms with van der Waals surface area (Å²) in [6.07, 6.45) is 15.9. The van der Waals surface area contributed by atoms with Gasteiger partial charge >= 0.3 is 0 Å². The van der Waals surface area contributed by atoms with E-state index in [0.717, 1.165) is 0 Å². The van der Waals surface area contributed by atoms with Crippen molar-refractivity contribution in [2.24, 2.45) is 0 Å². The first-order valence-corrected chi connectivity index (χ1v) is 11.0. The standard InChI is InChI=1S/C17H34N2P/c1-5-8-11-20(12-9-6-2,13-10-7-3)15-17-18-14-16(4)19-17/h14H,5-13,15H2,1-4H3,(H,18,19)/q+1. The van der Waals surface area contributed by atoms with Crippen LogP contribution >= 0.6 is 7.26 Å². The molecular weight excluding hydrogens is 263 g/mol. The lowest BCUT2D eigenvalue weighted by Crippen LogP contribution is -2.12. The Kier molecular flexibility index (Phi) is 8.45. The second-order valence-corrected chi connectivity index (χ2v) is 10.6. The molecule has 0 aromatic carbocycles. The minimum absolute atomic E-state index is 0.848. The predicted octanol–water partition coefficient (Wildman–Crippen LogP) is 5.64. The summed E-state index contributed by atoms with van der Waals surface area (Å²) >= 11 is 0. The van der Waals surface area contributed by atoms with Crippen molar-refractivity contribution in [1.82, 2.24) is 9.97 Å². The number of hydrogen-bond donors (Lipinski definition) is 1. The molecule has 2 nitrogen and oxygen atoms in total. The second-order valence-electron chi connectivity index (χ2n) is 6.24. The summed E-state index contributed by atoms with van der Waals surface area (Å²) in [5.41, 5.74) is 1.21. The molecule has 0 aliphatic rings. The van der Waals surface area contributed by atoms with Crippen LogP contribution in [-0.2, 0) is 6.16 Å². The third-order valence-electron chi connectivity index (χ3n) is 4.20. The molecule has 3 heteroatoms. The molecule has 0 atom stereocenters. The highest BCUT2D eigenvalue weighted by molar-refractivity contribution is 7.75. The van der Waals surface area contributed by atoms with Crippen LogP contribution < -0.4 is 0 Å². The Hall–Kier alpha value is -0.360. The summed E-state index contributed by atoms with van der Waals surface area (Å²) in [7, 11) is -0.848. The van der Waals surface area contributed by atoms with Crippen molar-refractivity contribution in [2.45, 2.75) is 72.4 Å². The Morgan fingerprint density at radius 2 is 1.45 bits per heavy atom. The van der Waals surface area contributed by atoms with Gasteiger partial charge in [-0.3, -0.25) is 0 Å². The summed E-state index contributed by atoms with van der Waals surface area (Å²) < 4.78 is 0. The zero-order chi connectivity index (χ0) is 14.8. The molecule has 0 aliphatic heterocycles. The number of aromatic nitrogens is 2. The molecule has 0 spiro atoms. The van der Waals surface area contributed by atoms with Crippen molar-refractivity contribution in [1.29, 1.82) is 0 Å². The molecular formula is C17H34N2P+. The van der Waals surface area contributed by atoms with Gasteiger partial charge in [-0.05, 0) is 26.2 Å². The lowest BCUT2D eigenvalue weighted by atomic mass is 10.4. The topological polar surface area (TPSA) is 28.7 Å².